The van der Waals surface area contributed by atoms with Crippen LogP contribution in [0.25, 0.3) is 10.4 Å². The summed E-state index contributed by atoms with van der Waals surface area (Å²) in [6.45, 7) is 3.32. The third-order valence-electron chi connectivity index (χ3n) is 4.90. The first-order valence-electron chi connectivity index (χ1n) is 8.04. The van der Waals surface area contributed by atoms with Crippen LogP contribution >= 0.6 is 11.3 Å². The van der Waals surface area contributed by atoms with Gasteiger partial charge in [-0.05, 0) is 37.9 Å². The molecule has 23 heavy (non-hydrogen) atoms. The van der Waals surface area contributed by atoms with Crippen molar-refractivity contribution in [1.82, 2.24) is 15.2 Å². The maximum atomic E-state index is 12.5. The predicted molar refractivity (Wildman–Crippen MR) is 92.4 cm³/mol. The number of para-hydroxylation sites is 1. The van der Waals surface area contributed by atoms with Crippen LogP contribution in [-0.2, 0) is 0 Å². The highest BCUT2D eigenvalue weighted by Crippen LogP contribution is 2.31. The summed E-state index contributed by atoms with van der Waals surface area (Å²) in [5.74, 6) is 0.558. The Morgan fingerprint density at radius 2 is 2.09 bits per heavy atom. The number of fused-ring (bicyclic) bond motifs is 3. The minimum atomic E-state index is -0.0606. The van der Waals surface area contributed by atoms with E-state index in [2.05, 4.69) is 15.2 Å². The second kappa shape index (κ2) is 5.94. The third kappa shape index (κ3) is 2.84. The van der Waals surface area contributed by atoms with Crippen LogP contribution in [0.3, 0.4) is 0 Å². The van der Waals surface area contributed by atoms with Crippen molar-refractivity contribution in [3.8, 4) is 10.4 Å². The number of hydrogen-bond acceptors (Lipinski definition) is 5. The third-order valence-corrected chi connectivity index (χ3v) is 5.93. The zero-order chi connectivity index (χ0) is 15.8. The molecule has 2 aromatic rings. The average molecular weight is 328 g/mol. The number of piperidine rings is 3. The molecule has 5 rings (SSSR count). The summed E-state index contributed by atoms with van der Waals surface area (Å²) in [4.78, 5) is 20.2. The van der Waals surface area contributed by atoms with Gasteiger partial charge < -0.3 is 16.0 Å². The van der Waals surface area contributed by atoms with Crippen molar-refractivity contribution in [2.75, 3.05) is 25.4 Å². The molecule has 1 atom stereocenters. The SMILES string of the molecule is Nc1ccccc1-c1cnc(C(=O)N[C@H]2CN3CCC2CC3)s1. The average Bonchev–Trinajstić information content (AvgIpc) is 3.06. The molecule has 1 aromatic heterocycles. The minimum absolute atomic E-state index is 0.0606. The number of carbonyl (C=O) groups excluding carboxylic acids is 1. The Balaban J connectivity index is 1.48. The Hall–Kier alpha value is -1.92. The van der Waals surface area contributed by atoms with Gasteiger partial charge in [-0.15, -0.1) is 11.3 Å². The summed E-state index contributed by atoms with van der Waals surface area (Å²) in [5, 5.41) is 3.70. The lowest BCUT2D eigenvalue weighted by molar-refractivity contribution is 0.0620. The Morgan fingerprint density at radius 1 is 1.30 bits per heavy atom. The number of hydrogen-bond donors (Lipinski definition) is 2. The smallest absolute Gasteiger partial charge is 0.280 e. The number of carbonyl (C=O) groups is 1. The number of rotatable bonds is 3. The van der Waals surface area contributed by atoms with Crippen molar-refractivity contribution in [3.05, 3.63) is 35.5 Å². The number of aromatic nitrogens is 1. The molecule has 3 aliphatic rings. The molecule has 3 saturated heterocycles. The summed E-state index contributed by atoms with van der Waals surface area (Å²) in [6, 6.07) is 7.93. The van der Waals surface area contributed by atoms with Gasteiger partial charge in [0.25, 0.3) is 5.91 Å². The molecule has 3 aliphatic heterocycles. The van der Waals surface area contributed by atoms with Crippen LogP contribution in [0.1, 0.15) is 22.6 Å². The number of thiazole rings is 1. The van der Waals surface area contributed by atoms with E-state index in [1.54, 1.807) is 6.20 Å². The molecule has 0 unspecified atom stereocenters. The van der Waals surface area contributed by atoms with Crippen LogP contribution in [0.4, 0.5) is 5.69 Å². The molecule has 1 amide bonds. The number of nitrogens with two attached hydrogens (primary N) is 1. The lowest BCUT2D eigenvalue weighted by Crippen LogP contribution is -2.57. The standard InChI is InChI=1S/C17H20N4OS/c18-13-4-2-1-3-12(13)15-9-19-17(23-15)16(22)20-14-10-21-7-5-11(14)6-8-21/h1-4,9,11,14H,5-8,10,18H2,(H,20,22)/t14-/m0/s1. The van der Waals surface area contributed by atoms with Crippen LogP contribution < -0.4 is 11.1 Å². The van der Waals surface area contributed by atoms with Crippen LogP contribution in [0.15, 0.2) is 30.5 Å². The number of amides is 1. The molecular weight excluding hydrogens is 308 g/mol. The van der Waals surface area contributed by atoms with Crippen LogP contribution in [0.5, 0.6) is 0 Å². The van der Waals surface area contributed by atoms with Gasteiger partial charge in [0, 0.05) is 30.0 Å². The quantitative estimate of drug-likeness (QED) is 0.848. The first-order chi connectivity index (χ1) is 11.2. The Labute approximate surface area is 139 Å². The van der Waals surface area contributed by atoms with Crippen molar-refractivity contribution in [2.24, 2.45) is 5.92 Å². The van der Waals surface area contributed by atoms with Crippen molar-refractivity contribution in [2.45, 2.75) is 18.9 Å². The fourth-order valence-corrected chi connectivity index (χ4v) is 4.45. The molecule has 1 aromatic carbocycles. The maximum absolute atomic E-state index is 12.5. The van der Waals surface area contributed by atoms with E-state index < -0.39 is 0 Å². The summed E-state index contributed by atoms with van der Waals surface area (Å²) >= 11 is 1.40. The molecule has 0 saturated carbocycles. The highest BCUT2D eigenvalue weighted by molar-refractivity contribution is 7.17. The molecular formula is C17H20N4OS. The fraction of sp³-hybridized carbons (Fsp3) is 0.412. The summed E-state index contributed by atoms with van der Waals surface area (Å²) in [6.07, 6.45) is 4.12. The Morgan fingerprint density at radius 3 is 2.78 bits per heavy atom. The number of nitrogens with zero attached hydrogens (tertiary/aromatic N) is 2. The summed E-state index contributed by atoms with van der Waals surface area (Å²) in [5.41, 5.74) is 7.65. The van der Waals surface area contributed by atoms with E-state index in [4.69, 9.17) is 5.73 Å². The van der Waals surface area contributed by atoms with Crippen molar-refractivity contribution in [1.29, 1.82) is 0 Å². The van der Waals surface area contributed by atoms with Crippen LogP contribution in [0.2, 0.25) is 0 Å². The first kappa shape index (κ1) is 14.7. The Kier molecular flexibility index (Phi) is 3.79. The van der Waals surface area contributed by atoms with E-state index in [0.29, 0.717) is 16.6 Å². The zero-order valence-electron chi connectivity index (χ0n) is 12.9. The highest BCUT2D eigenvalue weighted by Gasteiger charge is 2.35. The second-order valence-electron chi connectivity index (χ2n) is 6.33. The van der Waals surface area contributed by atoms with Gasteiger partial charge in [-0.1, -0.05) is 18.2 Å². The molecule has 4 heterocycles. The van der Waals surface area contributed by atoms with E-state index >= 15 is 0 Å². The number of benzene rings is 1. The van der Waals surface area contributed by atoms with E-state index in [0.717, 1.165) is 17.0 Å². The molecule has 6 heteroatoms. The highest BCUT2D eigenvalue weighted by atomic mass is 32.1. The minimum Gasteiger partial charge on any atom is -0.398 e. The van der Waals surface area contributed by atoms with Crippen molar-refractivity contribution >= 4 is 22.9 Å². The van der Waals surface area contributed by atoms with Crippen molar-refractivity contribution in [3.63, 3.8) is 0 Å². The fourth-order valence-electron chi connectivity index (χ4n) is 3.58. The maximum Gasteiger partial charge on any atom is 0.280 e. The van der Waals surface area contributed by atoms with Gasteiger partial charge in [0.05, 0.1) is 4.88 Å². The van der Waals surface area contributed by atoms with E-state index in [1.807, 2.05) is 24.3 Å². The van der Waals surface area contributed by atoms with Crippen LogP contribution in [-0.4, -0.2) is 41.5 Å². The normalized spacial score (nSPS) is 26.2. The largest absolute Gasteiger partial charge is 0.398 e. The Bertz CT molecular complexity index is 721. The van der Waals surface area contributed by atoms with Gasteiger partial charge in [-0.25, -0.2) is 4.98 Å². The second-order valence-corrected chi connectivity index (χ2v) is 7.37. The van der Waals surface area contributed by atoms with E-state index in [1.165, 1.54) is 37.3 Å². The topological polar surface area (TPSA) is 71.2 Å². The molecule has 120 valence electrons. The lowest BCUT2D eigenvalue weighted by atomic mass is 9.84. The van der Waals surface area contributed by atoms with Gasteiger partial charge in [0.15, 0.2) is 5.01 Å². The van der Waals surface area contributed by atoms with Gasteiger partial charge in [-0.3, -0.25) is 4.79 Å². The zero-order valence-corrected chi connectivity index (χ0v) is 13.7. The number of nitrogens with one attached hydrogen (secondary N) is 1. The molecule has 3 fully saturated rings. The van der Waals surface area contributed by atoms with E-state index in [-0.39, 0.29) is 11.9 Å². The van der Waals surface area contributed by atoms with Crippen molar-refractivity contribution < 1.29 is 4.79 Å². The lowest BCUT2D eigenvalue weighted by Gasteiger charge is -2.44. The van der Waals surface area contributed by atoms with Gasteiger partial charge in [0.1, 0.15) is 0 Å². The molecule has 2 bridgehead atoms. The first-order valence-corrected chi connectivity index (χ1v) is 8.86. The summed E-state index contributed by atoms with van der Waals surface area (Å²) in [7, 11) is 0. The molecule has 0 aliphatic carbocycles. The number of nitrogen functional groups attached to an aromatic ring is 1. The summed E-state index contributed by atoms with van der Waals surface area (Å²) < 4.78 is 0. The molecule has 0 radical (unpaired) electrons. The monoisotopic (exact) mass is 328 g/mol. The van der Waals surface area contributed by atoms with Gasteiger partial charge in [-0.2, -0.15) is 0 Å². The van der Waals surface area contributed by atoms with Gasteiger partial charge >= 0.3 is 0 Å². The molecule has 3 N–H and O–H groups in total. The van der Waals surface area contributed by atoms with Crippen LogP contribution in [0, 0.1) is 5.92 Å². The number of anilines is 1. The predicted octanol–water partition coefficient (Wildman–Crippen LogP) is 2.22. The molecule has 5 nitrogen and oxygen atoms in total. The van der Waals surface area contributed by atoms with Gasteiger partial charge in [0.2, 0.25) is 0 Å². The van der Waals surface area contributed by atoms with E-state index in [9.17, 15) is 4.79 Å². The molecule has 0 spiro atoms.